The lowest BCUT2D eigenvalue weighted by molar-refractivity contribution is 0.122. The highest BCUT2D eigenvalue weighted by Crippen LogP contribution is 2.33. The number of ether oxygens (including phenoxy) is 1. The van der Waals surface area contributed by atoms with E-state index in [1.807, 2.05) is 30.3 Å². The first kappa shape index (κ1) is 15.9. The maximum atomic E-state index is 6.17. The van der Waals surface area contributed by atoms with Crippen LogP contribution in [0, 0.1) is 0 Å². The second-order valence-corrected chi connectivity index (χ2v) is 6.28. The van der Waals surface area contributed by atoms with Gasteiger partial charge in [0.1, 0.15) is 11.3 Å². The molecule has 0 N–H and O–H groups in total. The monoisotopic (exact) mass is 359 g/mol. The normalized spacial score (nSPS) is 14.6. The molecule has 0 aromatic carbocycles. The van der Waals surface area contributed by atoms with Crippen LogP contribution in [0.25, 0.3) is 33.8 Å². The molecule has 0 unspecified atom stereocenters. The van der Waals surface area contributed by atoms with Gasteiger partial charge in [-0.05, 0) is 24.3 Å². The SMILES string of the molecule is c1cncc(-c2nc(N3CCOCC3)c3oc(-c4cccnc4)cc3n2)c1. The second kappa shape index (κ2) is 6.77. The first-order valence-corrected chi connectivity index (χ1v) is 8.83. The minimum atomic E-state index is 0.635. The van der Waals surface area contributed by atoms with Crippen LogP contribution in [0.4, 0.5) is 5.82 Å². The summed E-state index contributed by atoms with van der Waals surface area (Å²) in [5.41, 5.74) is 3.23. The number of furan rings is 1. The number of hydrogen-bond donors (Lipinski definition) is 0. The van der Waals surface area contributed by atoms with Gasteiger partial charge in [-0.3, -0.25) is 9.97 Å². The highest BCUT2D eigenvalue weighted by Gasteiger charge is 2.21. The van der Waals surface area contributed by atoms with Crippen molar-refractivity contribution in [2.24, 2.45) is 0 Å². The largest absolute Gasteiger partial charge is 0.450 e. The van der Waals surface area contributed by atoms with Crippen LogP contribution in [0.1, 0.15) is 0 Å². The molecule has 27 heavy (non-hydrogen) atoms. The lowest BCUT2D eigenvalue weighted by Gasteiger charge is -2.27. The number of anilines is 1. The van der Waals surface area contributed by atoms with Crippen molar-refractivity contribution in [2.75, 3.05) is 31.2 Å². The first-order valence-electron chi connectivity index (χ1n) is 8.83. The number of morpholine rings is 1. The Morgan fingerprint density at radius 2 is 1.63 bits per heavy atom. The molecular formula is C20H17N5O2. The van der Waals surface area contributed by atoms with Crippen molar-refractivity contribution in [3.8, 4) is 22.7 Å². The van der Waals surface area contributed by atoms with E-state index in [2.05, 4.69) is 14.9 Å². The van der Waals surface area contributed by atoms with Crippen molar-refractivity contribution < 1.29 is 9.15 Å². The Bertz CT molecular complexity index is 1060. The molecule has 1 aliphatic rings. The lowest BCUT2D eigenvalue weighted by Crippen LogP contribution is -2.37. The summed E-state index contributed by atoms with van der Waals surface area (Å²) in [7, 11) is 0. The van der Waals surface area contributed by atoms with Gasteiger partial charge in [-0.15, -0.1) is 0 Å². The van der Waals surface area contributed by atoms with Gasteiger partial charge in [0.2, 0.25) is 0 Å². The Kier molecular flexibility index (Phi) is 3.99. The number of hydrogen-bond acceptors (Lipinski definition) is 7. The smallest absolute Gasteiger partial charge is 0.195 e. The molecule has 0 aliphatic carbocycles. The van der Waals surface area contributed by atoms with E-state index in [0.29, 0.717) is 24.6 Å². The maximum absolute atomic E-state index is 6.17. The molecule has 1 fully saturated rings. The molecule has 0 amide bonds. The summed E-state index contributed by atoms with van der Waals surface area (Å²) in [6.45, 7) is 2.87. The molecule has 4 aromatic heterocycles. The summed E-state index contributed by atoms with van der Waals surface area (Å²) in [6, 6.07) is 9.64. The fraction of sp³-hybridized carbons (Fsp3) is 0.200. The molecule has 5 heterocycles. The molecular weight excluding hydrogens is 342 g/mol. The summed E-state index contributed by atoms with van der Waals surface area (Å²) >= 11 is 0. The molecule has 0 saturated carbocycles. The molecule has 7 heteroatoms. The Morgan fingerprint density at radius 3 is 2.33 bits per heavy atom. The number of rotatable bonds is 3. The van der Waals surface area contributed by atoms with Gasteiger partial charge in [-0.1, -0.05) is 0 Å². The van der Waals surface area contributed by atoms with Crippen LogP contribution in [0.5, 0.6) is 0 Å². The van der Waals surface area contributed by atoms with Crippen molar-refractivity contribution in [2.45, 2.75) is 0 Å². The minimum absolute atomic E-state index is 0.635. The Labute approximate surface area is 155 Å². The fourth-order valence-corrected chi connectivity index (χ4v) is 3.18. The number of aromatic nitrogens is 4. The van der Waals surface area contributed by atoms with Gasteiger partial charge in [-0.25, -0.2) is 9.97 Å². The van der Waals surface area contributed by atoms with Gasteiger partial charge in [0, 0.05) is 55.1 Å². The molecule has 5 rings (SSSR count). The van der Waals surface area contributed by atoms with Gasteiger partial charge in [0.15, 0.2) is 17.2 Å². The minimum Gasteiger partial charge on any atom is -0.450 e. The molecule has 0 atom stereocenters. The van der Waals surface area contributed by atoms with E-state index in [1.165, 1.54) is 0 Å². The zero-order valence-corrected chi connectivity index (χ0v) is 14.6. The molecule has 4 aromatic rings. The van der Waals surface area contributed by atoms with E-state index < -0.39 is 0 Å². The third-order valence-corrected chi connectivity index (χ3v) is 4.53. The van der Waals surface area contributed by atoms with Crippen LogP contribution in [-0.2, 0) is 4.74 Å². The zero-order valence-electron chi connectivity index (χ0n) is 14.6. The Morgan fingerprint density at radius 1 is 0.889 bits per heavy atom. The fourth-order valence-electron chi connectivity index (χ4n) is 3.18. The van der Waals surface area contributed by atoms with E-state index in [9.17, 15) is 0 Å². The summed E-state index contributed by atoms with van der Waals surface area (Å²) in [4.78, 5) is 20.1. The summed E-state index contributed by atoms with van der Waals surface area (Å²) in [5.74, 6) is 2.15. The number of fused-ring (bicyclic) bond motifs is 1. The van der Waals surface area contributed by atoms with Crippen LogP contribution in [-0.4, -0.2) is 46.2 Å². The van der Waals surface area contributed by atoms with Gasteiger partial charge < -0.3 is 14.1 Å². The van der Waals surface area contributed by atoms with Crippen LogP contribution in [0.15, 0.2) is 59.5 Å². The third-order valence-electron chi connectivity index (χ3n) is 4.53. The summed E-state index contributed by atoms with van der Waals surface area (Å²) < 4.78 is 11.7. The van der Waals surface area contributed by atoms with Crippen molar-refractivity contribution in [3.63, 3.8) is 0 Å². The zero-order chi connectivity index (χ0) is 18.1. The van der Waals surface area contributed by atoms with E-state index in [1.54, 1.807) is 24.8 Å². The van der Waals surface area contributed by atoms with Gasteiger partial charge in [0.25, 0.3) is 0 Å². The van der Waals surface area contributed by atoms with Crippen molar-refractivity contribution in [3.05, 3.63) is 55.1 Å². The van der Waals surface area contributed by atoms with E-state index in [-0.39, 0.29) is 0 Å². The predicted molar refractivity (Wildman–Crippen MR) is 101 cm³/mol. The first-order chi connectivity index (χ1) is 13.4. The van der Waals surface area contributed by atoms with E-state index in [4.69, 9.17) is 19.1 Å². The van der Waals surface area contributed by atoms with Gasteiger partial charge >= 0.3 is 0 Å². The average molecular weight is 359 g/mol. The summed E-state index contributed by atoms with van der Waals surface area (Å²) in [6.07, 6.45) is 7.03. The van der Waals surface area contributed by atoms with E-state index >= 15 is 0 Å². The van der Waals surface area contributed by atoms with Crippen LogP contribution in [0.3, 0.4) is 0 Å². The second-order valence-electron chi connectivity index (χ2n) is 6.28. The molecule has 7 nitrogen and oxygen atoms in total. The lowest BCUT2D eigenvalue weighted by atomic mass is 10.2. The molecule has 0 spiro atoms. The Hall–Kier alpha value is -3.32. The van der Waals surface area contributed by atoms with Crippen molar-refractivity contribution in [1.29, 1.82) is 0 Å². The molecule has 134 valence electrons. The molecule has 0 bridgehead atoms. The maximum Gasteiger partial charge on any atom is 0.195 e. The highest BCUT2D eigenvalue weighted by molar-refractivity contribution is 5.89. The van der Waals surface area contributed by atoms with Crippen LogP contribution >= 0.6 is 0 Å². The highest BCUT2D eigenvalue weighted by atomic mass is 16.5. The van der Waals surface area contributed by atoms with Crippen LogP contribution < -0.4 is 4.90 Å². The molecule has 0 radical (unpaired) electrons. The predicted octanol–water partition coefficient (Wildman–Crippen LogP) is 3.18. The molecule has 1 aliphatic heterocycles. The standard InChI is InChI=1S/C20H17N5O2/c1-3-14(12-21-5-1)17-11-16-18(27-17)20(25-7-9-26-10-8-25)24-19(23-16)15-4-2-6-22-13-15/h1-6,11-13H,7-10H2. The topological polar surface area (TPSA) is 77.2 Å². The van der Waals surface area contributed by atoms with Gasteiger partial charge in [-0.2, -0.15) is 0 Å². The third kappa shape index (κ3) is 3.02. The quantitative estimate of drug-likeness (QED) is 0.556. The van der Waals surface area contributed by atoms with Crippen LogP contribution in [0.2, 0.25) is 0 Å². The summed E-state index contributed by atoms with van der Waals surface area (Å²) in [5, 5.41) is 0. The van der Waals surface area contributed by atoms with Gasteiger partial charge in [0.05, 0.1) is 13.2 Å². The Balaban J connectivity index is 1.69. The average Bonchev–Trinajstić information content (AvgIpc) is 3.19. The number of pyridine rings is 2. The van der Waals surface area contributed by atoms with Crippen molar-refractivity contribution >= 4 is 16.9 Å². The molecule has 1 saturated heterocycles. The van der Waals surface area contributed by atoms with Crippen molar-refractivity contribution in [1.82, 2.24) is 19.9 Å². The number of nitrogens with zero attached hydrogens (tertiary/aromatic N) is 5. The van der Waals surface area contributed by atoms with E-state index in [0.717, 1.165) is 41.3 Å².